The minimum absolute atomic E-state index is 0.134. The summed E-state index contributed by atoms with van der Waals surface area (Å²) in [4.78, 5) is 4.48. The van der Waals surface area contributed by atoms with E-state index in [9.17, 15) is 0 Å². The lowest BCUT2D eigenvalue weighted by molar-refractivity contribution is 0.490. The molecule has 2 N–H and O–H groups in total. The summed E-state index contributed by atoms with van der Waals surface area (Å²) in [5.41, 5.74) is 10.1. The number of hydrogen-bond donors (Lipinski definition) is 1. The first-order chi connectivity index (χ1) is 7.60. The number of nitrogens with zero attached hydrogens (tertiary/aromatic N) is 1. The second-order valence-electron chi connectivity index (χ2n) is 4.41. The van der Waals surface area contributed by atoms with Crippen molar-refractivity contribution in [1.29, 1.82) is 0 Å². The molecule has 0 fully saturated rings. The number of rotatable bonds is 3. The van der Waals surface area contributed by atoms with Gasteiger partial charge in [0.2, 0.25) is 0 Å². The van der Waals surface area contributed by atoms with E-state index in [0.717, 1.165) is 29.0 Å². The van der Waals surface area contributed by atoms with Gasteiger partial charge in [0.25, 0.3) is 0 Å². The molecule has 0 aliphatic rings. The van der Waals surface area contributed by atoms with Crippen LogP contribution >= 0.6 is 0 Å². The Labute approximate surface area is 95.7 Å². The highest BCUT2D eigenvalue weighted by Crippen LogP contribution is 2.22. The molecule has 0 bridgehead atoms. The van der Waals surface area contributed by atoms with Gasteiger partial charge in [-0.3, -0.25) is 0 Å². The molecule has 0 aliphatic carbocycles. The predicted molar refractivity (Wildman–Crippen MR) is 65.5 cm³/mol. The maximum atomic E-state index is 5.89. The van der Waals surface area contributed by atoms with E-state index in [4.69, 9.17) is 10.2 Å². The van der Waals surface area contributed by atoms with Gasteiger partial charge in [0.05, 0.1) is 0 Å². The molecule has 86 valence electrons. The van der Waals surface area contributed by atoms with Gasteiger partial charge in [-0.1, -0.05) is 13.0 Å². The lowest BCUT2D eigenvalue weighted by atomic mass is 10.1. The lowest BCUT2D eigenvalue weighted by Crippen LogP contribution is -2.21. The molecule has 2 aromatic rings. The molecule has 1 aromatic carbocycles. The van der Waals surface area contributed by atoms with Crippen molar-refractivity contribution in [3.8, 4) is 0 Å². The molecule has 0 amide bonds. The highest BCUT2D eigenvalue weighted by molar-refractivity contribution is 5.77. The molecule has 1 heterocycles. The van der Waals surface area contributed by atoms with Crippen molar-refractivity contribution in [1.82, 2.24) is 4.98 Å². The van der Waals surface area contributed by atoms with Gasteiger partial charge in [0, 0.05) is 12.5 Å². The smallest absolute Gasteiger partial charge is 0.197 e. The standard InChI is InChI=1S/C13H18N2O/c1-4-10(14)7-12-15-11-6-8(2)5-9(3)13(11)16-12/h5-6,10H,4,7,14H2,1-3H3. The minimum Gasteiger partial charge on any atom is -0.440 e. The fourth-order valence-electron chi connectivity index (χ4n) is 1.88. The van der Waals surface area contributed by atoms with Crippen LogP contribution in [0.1, 0.15) is 30.4 Å². The van der Waals surface area contributed by atoms with Crippen LogP contribution in [0.2, 0.25) is 0 Å². The van der Waals surface area contributed by atoms with Crippen LogP contribution < -0.4 is 5.73 Å². The van der Waals surface area contributed by atoms with Crippen LogP contribution in [0.5, 0.6) is 0 Å². The van der Waals surface area contributed by atoms with E-state index in [-0.39, 0.29) is 6.04 Å². The average Bonchev–Trinajstić information content (AvgIpc) is 2.60. The number of fused-ring (bicyclic) bond motifs is 1. The van der Waals surface area contributed by atoms with Crippen molar-refractivity contribution in [3.63, 3.8) is 0 Å². The van der Waals surface area contributed by atoms with Crippen LogP contribution in [0, 0.1) is 13.8 Å². The molecule has 2 rings (SSSR count). The Hall–Kier alpha value is -1.35. The third kappa shape index (κ3) is 2.09. The number of oxazole rings is 1. The van der Waals surface area contributed by atoms with Gasteiger partial charge in [-0.2, -0.15) is 0 Å². The van der Waals surface area contributed by atoms with E-state index >= 15 is 0 Å². The van der Waals surface area contributed by atoms with Gasteiger partial charge >= 0.3 is 0 Å². The van der Waals surface area contributed by atoms with Crippen LogP contribution in [0.3, 0.4) is 0 Å². The highest BCUT2D eigenvalue weighted by atomic mass is 16.3. The van der Waals surface area contributed by atoms with Gasteiger partial charge < -0.3 is 10.2 Å². The second-order valence-corrected chi connectivity index (χ2v) is 4.41. The van der Waals surface area contributed by atoms with Crippen LogP contribution in [-0.2, 0) is 6.42 Å². The number of hydrogen-bond acceptors (Lipinski definition) is 3. The van der Waals surface area contributed by atoms with Crippen LogP contribution in [0.25, 0.3) is 11.1 Å². The molecule has 0 radical (unpaired) electrons. The van der Waals surface area contributed by atoms with Gasteiger partial charge in [-0.25, -0.2) is 4.98 Å². The van der Waals surface area contributed by atoms with Crippen molar-refractivity contribution in [2.45, 2.75) is 39.7 Å². The quantitative estimate of drug-likeness (QED) is 0.861. The monoisotopic (exact) mass is 218 g/mol. The average molecular weight is 218 g/mol. The first kappa shape index (κ1) is 11.1. The van der Waals surface area contributed by atoms with Crippen LogP contribution in [0.15, 0.2) is 16.5 Å². The van der Waals surface area contributed by atoms with E-state index < -0.39 is 0 Å². The molecule has 16 heavy (non-hydrogen) atoms. The highest BCUT2D eigenvalue weighted by Gasteiger charge is 2.11. The van der Waals surface area contributed by atoms with Gasteiger partial charge in [-0.05, 0) is 37.5 Å². The van der Waals surface area contributed by atoms with Gasteiger partial charge in [0.1, 0.15) is 5.52 Å². The Morgan fingerprint density at radius 3 is 2.81 bits per heavy atom. The summed E-state index contributed by atoms with van der Waals surface area (Å²) >= 11 is 0. The summed E-state index contributed by atoms with van der Waals surface area (Å²) in [7, 11) is 0. The Bertz CT molecular complexity index is 502. The number of nitrogens with two attached hydrogens (primary N) is 1. The summed E-state index contributed by atoms with van der Waals surface area (Å²) in [6, 6.07) is 4.29. The predicted octanol–water partition coefficient (Wildman–Crippen LogP) is 2.72. The zero-order chi connectivity index (χ0) is 11.7. The van der Waals surface area contributed by atoms with Crippen molar-refractivity contribution in [2.24, 2.45) is 5.73 Å². The minimum atomic E-state index is 0.134. The number of benzene rings is 1. The molecule has 1 aromatic heterocycles. The van der Waals surface area contributed by atoms with E-state index in [1.54, 1.807) is 0 Å². The number of aromatic nitrogens is 1. The van der Waals surface area contributed by atoms with Crippen molar-refractivity contribution < 1.29 is 4.42 Å². The zero-order valence-corrected chi connectivity index (χ0v) is 10.1. The molecule has 0 spiro atoms. The Balaban J connectivity index is 2.40. The largest absolute Gasteiger partial charge is 0.440 e. The summed E-state index contributed by atoms with van der Waals surface area (Å²) < 4.78 is 5.74. The first-order valence-electron chi connectivity index (χ1n) is 5.72. The SMILES string of the molecule is CCC(N)Cc1nc2cc(C)cc(C)c2o1. The maximum Gasteiger partial charge on any atom is 0.197 e. The first-order valence-corrected chi connectivity index (χ1v) is 5.72. The molecule has 1 unspecified atom stereocenters. The second kappa shape index (κ2) is 4.26. The Kier molecular flexibility index (Phi) is 2.97. The van der Waals surface area contributed by atoms with Crippen molar-refractivity contribution >= 4 is 11.1 Å². The fourth-order valence-corrected chi connectivity index (χ4v) is 1.88. The van der Waals surface area contributed by atoms with E-state index in [0.29, 0.717) is 6.42 Å². The number of aryl methyl sites for hydroxylation is 2. The van der Waals surface area contributed by atoms with Crippen LogP contribution in [0.4, 0.5) is 0 Å². The van der Waals surface area contributed by atoms with E-state index in [2.05, 4.69) is 24.9 Å². The van der Waals surface area contributed by atoms with Crippen molar-refractivity contribution in [3.05, 3.63) is 29.2 Å². The molecule has 3 heteroatoms. The maximum absolute atomic E-state index is 5.89. The van der Waals surface area contributed by atoms with E-state index in [1.807, 2.05) is 13.0 Å². The van der Waals surface area contributed by atoms with Crippen molar-refractivity contribution in [2.75, 3.05) is 0 Å². The Morgan fingerprint density at radius 2 is 2.12 bits per heavy atom. The molecule has 0 saturated heterocycles. The third-order valence-corrected chi connectivity index (χ3v) is 2.83. The van der Waals surface area contributed by atoms with E-state index in [1.165, 1.54) is 5.56 Å². The molecular formula is C13H18N2O. The van der Waals surface area contributed by atoms with Crippen LogP contribution in [-0.4, -0.2) is 11.0 Å². The van der Waals surface area contributed by atoms with Gasteiger partial charge in [-0.15, -0.1) is 0 Å². The Morgan fingerprint density at radius 1 is 1.38 bits per heavy atom. The molecular weight excluding hydrogens is 200 g/mol. The third-order valence-electron chi connectivity index (χ3n) is 2.83. The summed E-state index contributed by atoms with van der Waals surface area (Å²) in [6.45, 7) is 6.19. The molecule has 0 saturated carbocycles. The van der Waals surface area contributed by atoms with Gasteiger partial charge in [0.15, 0.2) is 11.5 Å². The normalized spacial score (nSPS) is 13.2. The summed E-state index contributed by atoms with van der Waals surface area (Å²) in [5.74, 6) is 0.748. The zero-order valence-electron chi connectivity index (χ0n) is 10.1. The molecule has 3 nitrogen and oxygen atoms in total. The topological polar surface area (TPSA) is 52.0 Å². The fraction of sp³-hybridized carbons (Fsp3) is 0.462. The summed E-state index contributed by atoms with van der Waals surface area (Å²) in [6.07, 6.45) is 1.65. The lowest BCUT2D eigenvalue weighted by Gasteiger charge is -2.03. The molecule has 1 atom stereocenters. The molecule has 0 aliphatic heterocycles. The summed E-state index contributed by atoms with van der Waals surface area (Å²) in [5, 5.41) is 0.